The third-order valence-electron chi connectivity index (χ3n) is 4.33. The van der Waals surface area contributed by atoms with Crippen LogP contribution in [0.3, 0.4) is 0 Å². The lowest BCUT2D eigenvalue weighted by Crippen LogP contribution is -2.21. The van der Waals surface area contributed by atoms with Crippen molar-refractivity contribution in [3.05, 3.63) is 28.0 Å². The maximum absolute atomic E-state index is 10.5. The Morgan fingerprint density at radius 2 is 1.94 bits per heavy atom. The van der Waals surface area contributed by atoms with E-state index in [4.69, 9.17) is 4.42 Å². The zero-order valence-corrected chi connectivity index (χ0v) is 10.6. The van der Waals surface area contributed by atoms with Crippen LogP contribution in [0.4, 0.5) is 5.88 Å². The summed E-state index contributed by atoms with van der Waals surface area (Å²) >= 11 is 0. The Bertz CT molecular complexity index is 434. The highest BCUT2D eigenvalue weighted by Crippen LogP contribution is 2.62. The highest BCUT2D eigenvalue weighted by molar-refractivity contribution is 5.20. The minimum atomic E-state index is -0.519. The van der Waals surface area contributed by atoms with Crippen LogP contribution in [-0.4, -0.2) is 11.0 Å². The normalized spacial score (nSPS) is 21.4. The maximum atomic E-state index is 10.5. The largest absolute Gasteiger partial charge is 0.433 e. The van der Waals surface area contributed by atoms with Crippen molar-refractivity contribution in [1.29, 1.82) is 0 Å². The van der Waals surface area contributed by atoms with E-state index >= 15 is 0 Å². The minimum absolute atomic E-state index is 0.198. The molecule has 5 heteroatoms. The van der Waals surface area contributed by atoms with Gasteiger partial charge in [0.25, 0.3) is 0 Å². The van der Waals surface area contributed by atoms with E-state index in [1.165, 1.54) is 6.07 Å². The standard InChI is InChI=1S/C12H18N2O3/c1-11(2)10(12(11,3)4)13-7-8-5-6-9(17-8)14(15)16/h5-6,10,13H,7H2,1-4H3. The molecule has 17 heavy (non-hydrogen) atoms. The summed E-state index contributed by atoms with van der Waals surface area (Å²) < 4.78 is 5.10. The average Bonchev–Trinajstić information content (AvgIpc) is 2.58. The molecule has 1 heterocycles. The van der Waals surface area contributed by atoms with Gasteiger partial charge in [-0.1, -0.05) is 27.7 Å². The average molecular weight is 238 g/mol. The molecule has 1 saturated carbocycles. The van der Waals surface area contributed by atoms with Crippen LogP contribution in [0.1, 0.15) is 33.5 Å². The smallest absolute Gasteiger partial charge is 0.404 e. The predicted octanol–water partition coefficient (Wildman–Crippen LogP) is 2.71. The number of hydrogen-bond donors (Lipinski definition) is 1. The number of nitrogens with zero attached hydrogens (tertiary/aromatic N) is 1. The second-order valence-corrected chi connectivity index (χ2v) is 5.75. The van der Waals surface area contributed by atoms with Crippen LogP contribution in [0.25, 0.3) is 0 Å². The highest BCUT2D eigenvalue weighted by atomic mass is 16.6. The van der Waals surface area contributed by atoms with Crippen molar-refractivity contribution in [2.24, 2.45) is 10.8 Å². The van der Waals surface area contributed by atoms with E-state index in [9.17, 15) is 10.1 Å². The molecule has 1 N–H and O–H groups in total. The van der Waals surface area contributed by atoms with Crippen molar-refractivity contribution in [2.45, 2.75) is 40.3 Å². The molecule has 0 spiro atoms. The molecule has 1 aliphatic carbocycles. The predicted molar refractivity (Wildman–Crippen MR) is 63.6 cm³/mol. The molecule has 1 aromatic heterocycles. The molecule has 1 aromatic rings. The van der Waals surface area contributed by atoms with E-state index in [2.05, 4.69) is 33.0 Å². The summed E-state index contributed by atoms with van der Waals surface area (Å²) in [4.78, 5) is 9.94. The molecule has 5 nitrogen and oxygen atoms in total. The molecule has 1 aliphatic rings. The summed E-state index contributed by atoms with van der Waals surface area (Å²) in [5.74, 6) is 0.409. The summed E-state index contributed by atoms with van der Waals surface area (Å²) in [6.07, 6.45) is 0. The molecule has 0 unspecified atom stereocenters. The maximum Gasteiger partial charge on any atom is 0.433 e. The van der Waals surface area contributed by atoms with E-state index < -0.39 is 4.92 Å². The first-order valence-electron chi connectivity index (χ1n) is 5.73. The third-order valence-corrected chi connectivity index (χ3v) is 4.33. The molecule has 0 radical (unpaired) electrons. The lowest BCUT2D eigenvalue weighted by molar-refractivity contribution is -0.402. The van der Waals surface area contributed by atoms with Crippen molar-refractivity contribution in [3.63, 3.8) is 0 Å². The molecule has 0 atom stereocenters. The van der Waals surface area contributed by atoms with Crippen LogP contribution in [-0.2, 0) is 6.54 Å². The van der Waals surface area contributed by atoms with Gasteiger partial charge in [-0.05, 0) is 16.9 Å². The van der Waals surface area contributed by atoms with Crippen molar-refractivity contribution in [3.8, 4) is 0 Å². The van der Waals surface area contributed by atoms with E-state index in [-0.39, 0.29) is 16.7 Å². The van der Waals surface area contributed by atoms with Gasteiger partial charge in [-0.15, -0.1) is 0 Å². The van der Waals surface area contributed by atoms with Crippen molar-refractivity contribution in [2.75, 3.05) is 0 Å². The fourth-order valence-corrected chi connectivity index (χ4v) is 2.47. The fraction of sp³-hybridized carbons (Fsp3) is 0.667. The summed E-state index contributed by atoms with van der Waals surface area (Å²) in [7, 11) is 0. The zero-order chi connectivity index (χ0) is 12.8. The van der Waals surface area contributed by atoms with Gasteiger partial charge in [-0.2, -0.15) is 0 Å². The van der Waals surface area contributed by atoms with Crippen LogP contribution in [0.2, 0.25) is 0 Å². The van der Waals surface area contributed by atoms with Gasteiger partial charge in [0.15, 0.2) is 0 Å². The number of furan rings is 1. The van der Waals surface area contributed by atoms with Gasteiger partial charge in [-0.3, -0.25) is 10.1 Å². The monoisotopic (exact) mass is 238 g/mol. The highest BCUT2D eigenvalue weighted by Gasteiger charge is 2.64. The molecule has 0 amide bonds. The van der Waals surface area contributed by atoms with Crippen LogP contribution in [0, 0.1) is 20.9 Å². The molecule has 0 aromatic carbocycles. The van der Waals surface area contributed by atoms with Gasteiger partial charge in [-0.25, -0.2) is 0 Å². The Morgan fingerprint density at radius 3 is 2.35 bits per heavy atom. The van der Waals surface area contributed by atoms with Gasteiger partial charge in [0.05, 0.1) is 12.6 Å². The van der Waals surface area contributed by atoms with E-state index in [0.29, 0.717) is 18.3 Å². The van der Waals surface area contributed by atoms with Crippen molar-refractivity contribution in [1.82, 2.24) is 5.32 Å². The van der Waals surface area contributed by atoms with Crippen LogP contribution in [0.5, 0.6) is 0 Å². The van der Waals surface area contributed by atoms with Gasteiger partial charge in [0, 0.05) is 6.04 Å². The van der Waals surface area contributed by atoms with E-state index in [0.717, 1.165) is 0 Å². The van der Waals surface area contributed by atoms with E-state index in [1.807, 2.05) is 0 Å². The van der Waals surface area contributed by atoms with Gasteiger partial charge >= 0.3 is 5.88 Å². The Morgan fingerprint density at radius 1 is 1.35 bits per heavy atom. The summed E-state index contributed by atoms with van der Waals surface area (Å²) in [5.41, 5.74) is 0.511. The molecular weight excluding hydrogens is 220 g/mol. The number of hydrogen-bond acceptors (Lipinski definition) is 4. The molecule has 94 valence electrons. The Labute approximate surface area is 100 Å². The first-order valence-corrected chi connectivity index (χ1v) is 5.73. The Balaban J connectivity index is 1.93. The van der Waals surface area contributed by atoms with Crippen LogP contribution in [0.15, 0.2) is 16.5 Å². The topological polar surface area (TPSA) is 68.3 Å². The first kappa shape index (κ1) is 12.1. The van der Waals surface area contributed by atoms with Crippen LogP contribution >= 0.6 is 0 Å². The first-order chi connectivity index (χ1) is 7.76. The van der Waals surface area contributed by atoms with E-state index in [1.54, 1.807) is 6.07 Å². The van der Waals surface area contributed by atoms with Gasteiger partial charge in [0.2, 0.25) is 0 Å². The molecule has 0 bridgehead atoms. The number of nitrogens with one attached hydrogen (secondary N) is 1. The summed E-state index contributed by atoms with van der Waals surface area (Å²) in [6.45, 7) is 9.40. The molecule has 1 fully saturated rings. The lowest BCUT2D eigenvalue weighted by Gasteiger charge is -2.03. The number of rotatable bonds is 4. The molecular formula is C12H18N2O3. The van der Waals surface area contributed by atoms with Crippen LogP contribution < -0.4 is 5.32 Å². The van der Waals surface area contributed by atoms with Gasteiger partial charge in [0.1, 0.15) is 10.7 Å². The zero-order valence-electron chi connectivity index (χ0n) is 10.6. The molecule has 0 aliphatic heterocycles. The second kappa shape index (κ2) is 3.57. The SMILES string of the molecule is CC1(C)C(NCc2ccc([N+](=O)[O-])o2)C1(C)C. The molecule has 0 saturated heterocycles. The summed E-state index contributed by atoms with van der Waals surface area (Å²) in [5, 5.41) is 13.9. The third kappa shape index (κ3) is 1.84. The van der Waals surface area contributed by atoms with Crippen molar-refractivity contribution >= 4 is 5.88 Å². The van der Waals surface area contributed by atoms with Gasteiger partial charge < -0.3 is 9.73 Å². The Kier molecular flexibility index (Phi) is 2.54. The lowest BCUT2D eigenvalue weighted by atomic mass is 10.0. The quantitative estimate of drug-likeness (QED) is 0.646. The molecule has 2 rings (SSSR count). The fourth-order valence-electron chi connectivity index (χ4n) is 2.47. The Hall–Kier alpha value is -1.36. The minimum Gasteiger partial charge on any atom is -0.404 e. The van der Waals surface area contributed by atoms with Crippen molar-refractivity contribution < 1.29 is 9.34 Å². The second-order valence-electron chi connectivity index (χ2n) is 5.75. The number of nitro groups is 1. The summed E-state index contributed by atoms with van der Waals surface area (Å²) in [6, 6.07) is 3.45.